The third-order valence-corrected chi connectivity index (χ3v) is 4.46. The number of aliphatic hydroxyl groups is 1. The van der Waals surface area contributed by atoms with Crippen LogP contribution in [0.25, 0.3) is 0 Å². The van der Waals surface area contributed by atoms with Gasteiger partial charge in [-0.2, -0.15) is 0 Å². The van der Waals surface area contributed by atoms with Crippen molar-refractivity contribution in [2.75, 3.05) is 0 Å². The molecule has 0 radical (unpaired) electrons. The van der Waals surface area contributed by atoms with Crippen LogP contribution in [0.4, 0.5) is 0 Å². The fraction of sp³-hybridized carbons (Fsp3) is 0.615. The number of halogens is 1. The van der Waals surface area contributed by atoms with E-state index in [9.17, 15) is 5.11 Å². The second kappa shape index (κ2) is 4.67. The summed E-state index contributed by atoms with van der Waals surface area (Å²) in [6.07, 6.45) is 6.12. The van der Waals surface area contributed by atoms with Gasteiger partial charge >= 0.3 is 0 Å². The second-order valence-electron chi connectivity index (χ2n) is 5.15. The highest BCUT2D eigenvalue weighted by Gasteiger charge is 2.39. The maximum Gasteiger partial charge on any atom is 0.0570 e. The molecular formula is C13H17BrN2O. The van der Waals surface area contributed by atoms with E-state index in [-0.39, 0.29) is 6.10 Å². The molecule has 2 aliphatic heterocycles. The largest absolute Gasteiger partial charge is 0.393 e. The van der Waals surface area contributed by atoms with Crippen molar-refractivity contribution in [1.29, 1.82) is 0 Å². The van der Waals surface area contributed by atoms with Gasteiger partial charge in [-0.05, 0) is 53.7 Å². The van der Waals surface area contributed by atoms with Crippen LogP contribution >= 0.6 is 15.9 Å². The smallest absolute Gasteiger partial charge is 0.0570 e. The normalized spacial score (nSPS) is 32.9. The van der Waals surface area contributed by atoms with Crippen molar-refractivity contribution in [3.63, 3.8) is 0 Å². The van der Waals surface area contributed by atoms with Gasteiger partial charge in [-0.25, -0.2) is 0 Å². The molecule has 17 heavy (non-hydrogen) atoms. The average Bonchev–Trinajstić information content (AvgIpc) is 2.56. The van der Waals surface area contributed by atoms with Crippen molar-refractivity contribution in [2.24, 2.45) is 0 Å². The van der Waals surface area contributed by atoms with Crippen LogP contribution in [0.15, 0.2) is 22.8 Å². The van der Waals surface area contributed by atoms with Gasteiger partial charge in [-0.15, -0.1) is 0 Å². The summed E-state index contributed by atoms with van der Waals surface area (Å²) >= 11 is 3.41. The van der Waals surface area contributed by atoms with Gasteiger partial charge < -0.3 is 5.11 Å². The molecule has 2 unspecified atom stereocenters. The molecule has 0 aromatic carbocycles. The van der Waals surface area contributed by atoms with E-state index in [1.165, 1.54) is 12.8 Å². The van der Waals surface area contributed by atoms with Crippen LogP contribution in [0.1, 0.15) is 31.4 Å². The summed E-state index contributed by atoms with van der Waals surface area (Å²) in [6, 6.07) is 5.25. The van der Waals surface area contributed by atoms with Crippen LogP contribution in [-0.4, -0.2) is 33.2 Å². The molecule has 2 atom stereocenters. The van der Waals surface area contributed by atoms with Crippen molar-refractivity contribution in [1.82, 2.24) is 9.88 Å². The number of hydrogen-bond donors (Lipinski definition) is 1. The number of aliphatic hydroxyl groups excluding tert-OH is 1. The molecule has 92 valence electrons. The van der Waals surface area contributed by atoms with Gasteiger partial charge in [0.2, 0.25) is 0 Å². The molecule has 2 fully saturated rings. The zero-order chi connectivity index (χ0) is 11.8. The summed E-state index contributed by atoms with van der Waals surface area (Å²) in [5.74, 6) is 0. The van der Waals surface area contributed by atoms with Gasteiger partial charge in [0.05, 0.1) is 11.8 Å². The second-order valence-corrected chi connectivity index (χ2v) is 6.07. The maximum atomic E-state index is 9.76. The van der Waals surface area contributed by atoms with Crippen molar-refractivity contribution in [2.45, 2.75) is 50.4 Å². The quantitative estimate of drug-likeness (QED) is 0.910. The summed E-state index contributed by atoms with van der Waals surface area (Å²) in [7, 11) is 0. The predicted molar refractivity (Wildman–Crippen MR) is 69.5 cm³/mol. The van der Waals surface area contributed by atoms with Crippen LogP contribution in [0.5, 0.6) is 0 Å². The average molecular weight is 297 g/mol. The summed E-state index contributed by atoms with van der Waals surface area (Å²) < 4.78 is 1.03. The number of rotatable bonds is 2. The number of hydrogen-bond acceptors (Lipinski definition) is 3. The summed E-state index contributed by atoms with van der Waals surface area (Å²) in [5, 5.41) is 9.76. The Morgan fingerprint density at radius 2 is 2.00 bits per heavy atom. The first kappa shape index (κ1) is 11.6. The number of aromatic nitrogens is 1. The first-order valence-corrected chi connectivity index (χ1v) is 7.06. The highest BCUT2D eigenvalue weighted by Crippen LogP contribution is 2.36. The molecular weight excluding hydrogens is 280 g/mol. The predicted octanol–water partition coefficient (Wildman–Crippen LogP) is 2.33. The van der Waals surface area contributed by atoms with Gasteiger partial charge in [0.15, 0.2) is 0 Å². The number of fused-ring (bicyclic) bond motifs is 2. The molecule has 2 saturated heterocycles. The Hall–Kier alpha value is -0.450. The standard InChI is InChI=1S/C13H17BrN2O/c14-9-1-2-10(15-7-9)8-16-11-3-4-12(16)6-13(17)5-11/h1-2,7,11-13,17H,3-6,8H2. The van der Waals surface area contributed by atoms with Gasteiger partial charge in [0.1, 0.15) is 0 Å². The molecule has 0 amide bonds. The van der Waals surface area contributed by atoms with E-state index < -0.39 is 0 Å². The molecule has 0 saturated carbocycles. The molecule has 2 bridgehead atoms. The minimum atomic E-state index is -0.0818. The Bertz CT molecular complexity index is 381. The van der Waals surface area contributed by atoms with E-state index in [4.69, 9.17) is 0 Å². The van der Waals surface area contributed by atoms with Crippen molar-refractivity contribution in [3.8, 4) is 0 Å². The van der Waals surface area contributed by atoms with Crippen molar-refractivity contribution < 1.29 is 5.11 Å². The van der Waals surface area contributed by atoms with Crippen molar-refractivity contribution in [3.05, 3.63) is 28.5 Å². The Balaban J connectivity index is 1.72. The van der Waals surface area contributed by atoms with Gasteiger partial charge in [-0.1, -0.05) is 0 Å². The molecule has 0 spiro atoms. The highest BCUT2D eigenvalue weighted by atomic mass is 79.9. The summed E-state index contributed by atoms with van der Waals surface area (Å²) in [6.45, 7) is 0.926. The lowest BCUT2D eigenvalue weighted by atomic mass is 10.00. The van der Waals surface area contributed by atoms with E-state index in [0.29, 0.717) is 12.1 Å². The van der Waals surface area contributed by atoms with E-state index in [2.05, 4.69) is 31.9 Å². The van der Waals surface area contributed by atoms with Crippen molar-refractivity contribution >= 4 is 15.9 Å². The van der Waals surface area contributed by atoms with Crippen LogP contribution in [-0.2, 0) is 6.54 Å². The molecule has 1 aromatic heterocycles. The fourth-order valence-electron chi connectivity index (χ4n) is 3.19. The number of nitrogens with zero attached hydrogens (tertiary/aromatic N) is 2. The van der Waals surface area contributed by atoms with Crippen LogP contribution in [0, 0.1) is 0 Å². The maximum absolute atomic E-state index is 9.76. The Morgan fingerprint density at radius 1 is 1.29 bits per heavy atom. The monoisotopic (exact) mass is 296 g/mol. The lowest BCUT2D eigenvalue weighted by Gasteiger charge is -2.36. The topological polar surface area (TPSA) is 36.4 Å². The fourth-order valence-corrected chi connectivity index (χ4v) is 3.43. The molecule has 0 aliphatic carbocycles. The minimum absolute atomic E-state index is 0.0818. The molecule has 3 nitrogen and oxygen atoms in total. The van der Waals surface area contributed by atoms with Crippen LogP contribution < -0.4 is 0 Å². The Morgan fingerprint density at radius 3 is 2.59 bits per heavy atom. The third-order valence-electron chi connectivity index (χ3n) is 3.99. The zero-order valence-corrected chi connectivity index (χ0v) is 11.3. The third kappa shape index (κ3) is 2.39. The minimum Gasteiger partial charge on any atom is -0.393 e. The molecule has 2 aliphatic rings. The molecule has 3 rings (SSSR count). The van der Waals surface area contributed by atoms with E-state index in [0.717, 1.165) is 29.6 Å². The summed E-state index contributed by atoms with van der Waals surface area (Å²) in [4.78, 5) is 6.97. The molecule has 1 N–H and O–H groups in total. The Kier molecular flexibility index (Phi) is 3.19. The van der Waals surface area contributed by atoms with E-state index in [1.807, 2.05) is 12.3 Å². The van der Waals surface area contributed by atoms with Gasteiger partial charge in [0.25, 0.3) is 0 Å². The lowest BCUT2D eigenvalue weighted by molar-refractivity contribution is 0.0304. The van der Waals surface area contributed by atoms with Gasteiger partial charge in [0, 0.05) is 29.3 Å². The Labute approximate surface area is 110 Å². The summed E-state index contributed by atoms with van der Waals surface area (Å²) in [5.41, 5.74) is 1.13. The van der Waals surface area contributed by atoms with E-state index >= 15 is 0 Å². The molecule has 1 aromatic rings. The zero-order valence-electron chi connectivity index (χ0n) is 9.72. The first-order chi connectivity index (χ1) is 8.22. The number of pyridine rings is 1. The first-order valence-electron chi connectivity index (χ1n) is 6.26. The SMILES string of the molecule is OC1CC2CCC(C1)N2Cc1ccc(Br)cn1. The lowest BCUT2D eigenvalue weighted by Crippen LogP contribution is -2.44. The van der Waals surface area contributed by atoms with E-state index in [1.54, 1.807) is 0 Å². The molecule has 3 heterocycles. The van der Waals surface area contributed by atoms with Gasteiger partial charge in [-0.3, -0.25) is 9.88 Å². The van der Waals surface area contributed by atoms with Crippen LogP contribution in [0.3, 0.4) is 0 Å². The highest BCUT2D eigenvalue weighted by molar-refractivity contribution is 9.10. The van der Waals surface area contributed by atoms with Crippen LogP contribution in [0.2, 0.25) is 0 Å². The number of piperidine rings is 1. The molecule has 4 heteroatoms.